The Hall–Kier alpha value is -3.15. The predicted octanol–water partition coefficient (Wildman–Crippen LogP) is 6.92. The van der Waals surface area contributed by atoms with E-state index in [9.17, 15) is 4.79 Å². The molecule has 0 spiro atoms. The molecule has 1 heterocycles. The molecule has 0 radical (unpaired) electrons. The molecule has 4 rings (SSSR count). The number of aliphatic imine (C=N–C) groups is 1. The van der Waals surface area contributed by atoms with Gasteiger partial charge in [0.25, 0.3) is 0 Å². The molecule has 6 heteroatoms. The van der Waals surface area contributed by atoms with Gasteiger partial charge in [-0.05, 0) is 49.4 Å². The molecule has 0 aliphatic carbocycles. The number of para-hydroxylation sites is 1. The van der Waals surface area contributed by atoms with Gasteiger partial charge < -0.3 is 9.47 Å². The van der Waals surface area contributed by atoms with Crippen LogP contribution in [-0.4, -0.2) is 18.8 Å². The van der Waals surface area contributed by atoms with E-state index in [0.29, 0.717) is 27.8 Å². The second-order valence-electron chi connectivity index (χ2n) is 6.35. The highest BCUT2D eigenvalue weighted by molar-refractivity contribution is 7.21. The Morgan fingerprint density at radius 1 is 1.03 bits per heavy atom. The fourth-order valence-electron chi connectivity index (χ4n) is 2.91. The Bertz CT molecular complexity index is 1210. The summed E-state index contributed by atoms with van der Waals surface area (Å²) in [5, 5.41) is 1.27. The summed E-state index contributed by atoms with van der Waals surface area (Å²) in [5.74, 6) is 0.736. The van der Waals surface area contributed by atoms with Gasteiger partial charge in [0.05, 0.1) is 17.3 Å². The Morgan fingerprint density at radius 2 is 1.77 bits per heavy atom. The van der Waals surface area contributed by atoms with Crippen LogP contribution in [0.25, 0.3) is 10.1 Å². The van der Waals surface area contributed by atoms with Gasteiger partial charge >= 0.3 is 5.97 Å². The maximum atomic E-state index is 12.8. The number of carbonyl (C=O) groups excluding carboxylic acids is 1. The molecular weight excluding hydrogens is 418 g/mol. The van der Waals surface area contributed by atoms with Crippen molar-refractivity contribution in [3.05, 3.63) is 88.3 Å². The summed E-state index contributed by atoms with van der Waals surface area (Å²) >= 11 is 7.73. The van der Waals surface area contributed by atoms with Crippen LogP contribution in [0.3, 0.4) is 0 Å². The molecule has 0 atom stereocenters. The first-order chi connectivity index (χ1) is 14.7. The second-order valence-corrected chi connectivity index (χ2v) is 7.78. The summed E-state index contributed by atoms with van der Waals surface area (Å²) < 4.78 is 12.0. The highest BCUT2D eigenvalue weighted by Gasteiger charge is 2.19. The monoisotopic (exact) mass is 435 g/mol. The van der Waals surface area contributed by atoms with Crippen LogP contribution in [0.2, 0.25) is 5.02 Å². The highest BCUT2D eigenvalue weighted by Crippen LogP contribution is 2.36. The van der Waals surface area contributed by atoms with Crippen LogP contribution in [-0.2, 0) is 0 Å². The minimum absolute atomic E-state index is 0.385. The van der Waals surface area contributed by atoms with Crippen LogP contribution in [0.1, 0.15) is 22.2 Å². The lowest BCUT2D eigenvalue weighted by Crippen LogP contribution is -2.08. The Labute approximate surface area is 183 Å². The van der Waals surface area contributed by atoms with E-state index < -0.39 is 5.97 Å². The molecule has 4 aromatic rings. The topological polar surface area (TPSA) is 47.9 Å². The Morgan fingerprint density at radius 3 is 2.53 bits per heavy atom. The quantitative estimate of drug-likeness (QED) is 0.187. The van der Waals surface area contributed by atoms with E-state index in [1.165, 1.54) is 11.3 Å². The summed E-state index contributed by atoms with van der Waals surface area (Å²) in [6.45, 7) is 2.56. The van der Waals surface area contributed by atoms with Crippen molar-refractivity contribution in [1.82, 2.24) is 0 Å². The van der Waals surface area contributed by atoms with Crippen molar-refractivity contribution in [3.8, 4) is 11.5 Å². The summed E-state index contributed by atoms with van der Waals surface area (Å²) in [4.78, 5) is 17.6. The van der Waals surface area contributed by atoms with Crippen molar-refractivity contribution in [2.45, 2.75) is 6.92 Å². The molecule has 0 saturated heterocycles. The molecule has 30 heavy (non-hydrogen) atoms. The van der Waals surface area contributed by atoms with E-state index in [1.54, 1.807) is 12.3 Å². The standard InChI is InChI=1S/C24H18ClNO3S/c1-2-28-18-13-11-17(12-14-18)26-15-16-7-3-5-9-20(16)29-24(27)23-22(25)19-8-4-6-10-21(19)30-23/h3-15H,2H2,1H3. The third-order valence-electron chi connectivity index (χ3n) is 4.34. The van der Waals surface area contributed by atoms with Crippen molar-refractivity contribution in [1.29, 1.82) is 0 Å². The highest BCUT2D eigenvalue weighted by atomic mass is 35.5. The molecule has 0 bridgehead atoms. The van der Waals surface area contributed by atoms with Gasteiger partial charge in [0.1, 0.15) is 16.4 Å². The van der Waals surface area contributed by atoms with Crippen LogP contribution >= 0.6 is 22.9 Å². The van der Waals surface area contributed by atoms with Crippen molar-refractivity contribution in [3.63, 3.8) is 0 Å². The van der Waals surface area contributed by atoms with E-state index in [1.807, 2.05) is 73.7 Å². The van der Waals surface area contributed by atoms with Gasteiger partial charge in [0, 0.05) is 21.9 Å². The zero-order chi connectivity index (χ0) is 20.9. The fourth-order valence-corrected chi connectivity index (χ4v) is 4.30. The van der Waals surface area contributed by atoms with Gasteiger partial charge in [-0.3, -0.25) is 4.99 Å². The van der Waals surface area contributed by atoms with Crippen LogP contribution < -0.4 is 9.47 Å². The number of thiophene rings is 1. The first kappa shape index (κ1) is 20.1. The van der Waals surface area contributed by atoms with E-state index in [2.05, 4.69) is 4.99 Å². The Balaban J connectivity index is 1.55. The summed E-state index contributed by atoms with van der Waals surface area (Å²) in [7, 11) is 0. The van der Waals surface area contributed by atoms with E-state index in [-0.39, 0.29) is 0 Å². The summed E-state index contributed by atoms with van der Waals surface area (Å²) in [6.07, 6.45) is 1.67. The fraction of sp³-hybridized carbons (Fsp3) is 0.0833. The van der Waals surface area contributed by atoms with Gasteiger partial charge in [0.2, 0.25) is 0 Å². The number of rotatable bonds is 6. The number of hydrogen-bond donors (Lipinski definition) is 0. The van der Waals surface area contributed by atoms with Crippen LogP contribution in [0.15, 0.2) is 77.8 Å². The van der Waals surface area contributed by atoms with E-state index >= 15 is 0 Å². The number of benzene rings is 3. The van der Waals surface area contributed by atoms with Gasteiger partial charge in [-0.1, -0.05) is 41.9 Å². The normalized spacial score (nSPS) is 11.1. The number of ether oxygens (including phenoxy) is 2. The summed E-state index contributed by atoms with van der Waals surface area (Å²) in [5.41, 5.74) is 1.46. The SMILES string of the molecule is CCOc1ccc(N=Cc2ccccc2OC(=O)c2sc3ccccc3c2Cl)cc1. The number of esters is 1. The molecule has 0 unspecified atom stereocenters. The molecule has 4 nitrogen and oxygen atoms in total. The van der Waals surface area contributed by atoms with Crippen molar-refractivity contribution in [2.24, 2.45) is 4.99 Å². The zero-order valence-electron chi connectivity index (χ0n) is 16.2. The maximum absolute atomic E-state index is 12.8. The van der Waals surface area contributed by atoms with Gasteiger partial charge in [0.15, 0.2) is 0 Å². The maximum Gasteiger partial charge on any atom is 0.355 e. The van der Waals surface area contributed by atoms with Crippen molar-refractivity contribution in [2.75, 3.05) is 6.61 Å². The molecule has 0 amide bonds. The van der Waals surface area contributed by atoms with E-state index in [0.717, 1.165) is 21.5 Å². The lowest BCUT2D eigenvalue weighted by Gasteiger charge is -2.06. The molecule has 0 fully saturated rings. The summed E-state index contributed by atoms with van der Waals surface area (Å²) in [6, 6.07) is 22.3. The molecular formula is C24H18ClNO3S. The average molecular weight is 436 g/mol. The third kappa shape index (κ3) is 4.37. The molecule has 0 aliphatic heterocycles. The Kier molecular flexibility index (Phi) is 6.12. The largest absolute Gasteiger partial charge is 0.494 e. The van der Waals surface area contributed by atoms with Crippen molar-refractivity contribution < 1.29 is 14.3 Å². The lowest BCUT2D eigenvalue weighted by atomic mass is 10.2. The minimum Gasteiger partial charge on any atom is -0.494 e. The van der Waals surface area contributed by atoms with E-state index in [4.69, 9.17) is 21.1 Å². The van der Waals surface area contributed by atoms with Crippen molar-refractivity contribution >= 4 is 50.9 Å². The van der Waals surface area contributed by atoms with Crippen LogP contribution in [0, 0.1) is 0 Å². The number of nitrogens with zero attached hydrogens (tertiary/aromatic N) is 1. The van der Waals surface area contributed by atoms with Crippen LogP contribution in [0.5, 0.6) is 11.5 Å². The predicted molar refractivity (Wildman–Crippen MR) is 123 cm³/mol. The van der Waals surface area contributed by atoms with Crippen LogP contribution in [0.4, 0.5) is 5.69 Å². The number of halogens is 1. The van der Waals surface area contributed by atoms with Gasteiger partial charge in [-0.2, -0.15) is 0 Å². The van der Waals surface area contributed by atoms with Gasteiger partial charge in [-0.25, -0.2) is 4.79 Å². The minimum atomic E-state index is -0.483. The molecule has 0 aliphatic rings. The molecule has 150 valence electrons. The second kappa shape index (κ2) is 9.11. The smallest absolute Gasteiger partial charge is 0.355 e. The molecule has 1 aromatic heterocycles. The average Bonchev–Trinajstić information content (AvgIpc) is 3.11. The lowest BCUT2D eigenvalue weighted by molar-refractivity contribution is 0.0740. The number of hydrogen-bond acceptors (Lipinski definition) is 5. The first-order valence-electron chi connectivity index (χ1n) is 9.41. The van der Waals surface area contributed by atoms with Gasteiger partial charge in [-0.15, -0.1) is 11.3 Å². The first-order valence-corrected chi connectivity index (χ1v) is 10.6. The molecule has 0 saturated carbocycles. The molecule has 0 N–H and O–H groups in total. The number of fused-ring (bicyclic) bond motifs is 1. The zero-order valence-corrected chi connectivity index (χ0v) is 17.7. The number of carbonyl (C=O) groups is 1. The third-order valence-corrected chi connectivity index (χ3v) is 6.00. The molecule has 3 aromatic carbocycles.